The second-order valence-electron chi connectivity index (χ2n) is 9.64. The molecule has 3 rings (SSSR count). The number of ketones is 1. The number of primary amides is 1. The van der Waals surface area contributed by atoms with Crippen LogP contribution in [0.4, 0.5) is 0 Å². The molecular formula is C21H32N4O7. The van der Waals surface area contributed by atoms with Crippen molar-refractivity contribution in [1.29, 1.82) is 0 Å². The highest BCUT2D eigenvalue weighted by Gasteiger charge is 2.74. The predicted octanol–water partition coefficient (Wildman–Crippen LogP) is -2.00. The molecule has 11 heteroatoms. The quantitative estimate of drug-likeness (QED) is 0.376. The molecule has 3 aliphatic heterocycles. The van der Waals surface area contributed by atoms with Crippen molar-refractivity contribution in [3.05, 3.63) is 0 Å². The lowest BCUT2D eigenvalue weighted by molar-refractivity contribution is -0.196. The minimum atomic E-state index is -1.30. The summed E-state index contributed by atoms with van der Waals surface area (Å²) in [5.41, 5.74) is 2.79. The lowest BCUT2D eigenvalue weighted by Gasteiger charge is -2.60. The van der Waals surface area contributed by atoms with E-state index in [0.29, 0.717) is 0 Å². The summed E-state index contributed by atoms with van der Waals surface area (Å²) in [6.07, 6.45) is -1.84. The highest BCUT2D eigenvalue weighted by Crippen LogP contribution is 2.53. The lowest BCUT2D eigenvalue weighted by atomic mass is 9.81. The molecule has 4 amide bonds. The number of amides is 4. The topological polar surface area (TPSA) is 162 Å². The molecule has 0 aromatic carbocycles. The van der Waals surface area contributed by atoms with E-state index in [-0.39, 0.29) is 37.6 Å². The van der Waals surface area contributed by atoms with Crippen molar-refractivity contribution in [1.82, 2.24) is 14.7 Å². The Morgan fingerprint density at radius 2 is 1.28 bits per heavy atom. The molecule has 3 fully saturated rings. The predicted molar refractivity (Wildman–Crippen MR) is 111 cm³/mol. The van der Waals surface area contributed by atoms with Crippen molar-refractivity contribution in [3.8, 4) is 0 Å². The van der Waals surface area contributed by atoms with Gasteiger partial charge in [-0.25, -0.2) is 0 Å². The van der Waals surface area contributed by atoms with Gasteiger partial charge in [0.1, 0.15) is 23.2 Å². The van der Waals surface area contributed by atoms with E-state index in [0.717, 1.165) is 4.90 Å². The van der Waals surface area contributed by atoms with Crippen LogP contribution < -0.4 is 5.73 Å². The maximum absolute atomic E-state index is 13.4. The summed E-state index contributed by atoms with van der Waals surface area (Å²) in [6.45, 7) is 7.40. The van der Waals surface area contributed by atoms with Crippen LogP contribution in [0.3, 0.4) is 0 Å². The molecule has 3 heterocycles. The first kappa shape index (κ1) is 24.1. The van der Waals surface area contributed by atoms with E-state index in [1.54, 1.807) is 13.8 Å². The van der Waals surface area contributed by atoms with E-state index < -0.39 is 59.0 Å². The normalized spacial score (nSPS) is 30.9. The van der Waals surface area contributed by atoms with Crippen molar-refractivity contribution in [2.45, 2.75) is 82.8 Å². The molecule has 4 N–H and O–H groups in total. The number of likely N-dealkylation sites (tertiary alicyclic amines) is 3. The van der Waals surface area contributed by atoms with Gasteiger partial charge in [-0.15, -0.1) is 0 Å². The van der Waals surface area contributed by atoms with Gasteiger partial charge < -0.3 is 30.6 Å². The fourth-order valence-electron chi connectivity index (χ4n) is 5.55. The second-order valence-corrected chi connectivity index (χ2v) is 9.64. The highest BCUT2D eigenvalue weighted by molar-refractivity contribution is 6.06. The number of hydrogen-bond acceptors (Lipinski definition) is 7. The average molecular weight is 453 g/mol. The molecule has 0 bridgehead atoms. The van der Waals surface area contributed by atoms with E-state index in [9.17, 15) is 34.2 Å². The third-order valence-corrected chi connectivity index (χ3v) is 7.00. The van der Waals surface area contributed by atoms with Crippen LogP contribution in [-0.4, -0.2) is 103 Å². The number of nitrogens with zero attached hydrogens (tertiary/aromatic N) is 3. The monoisotopic (exact) mass is 452 g/mol. The average Bonchev–Trinajstić information content (AvgIpc) is 3.04. The Morgan fingerprint density at radius 1 is 0.875 bits per heavy atom. The van der Waals surface area contributed by atoms with Crippen LogP contribution in [0.5, 0.6) is 0 Å². The number of β-lactam (4-membered cyclic amide) rings is 2. The second kappa shape index (κ2) is 7.80. The molecule has 11 nitrogen and oxygen atoms in total. The van der Waals surface area contributed by atoms with E-state index in [2.05, 4.69) is 0 Å². The Bertz CT molecular complexity index is 812. The van der Waals surface area contributed by atoms with Gasteiger partial charge in [0, 0.05) is 5.92 Å². The van der Waals surface area contributed by atoms with E-state index >= 15 is 0 Å². The van der Waals surface area contributed by atoms with Crippen molar-refractivity contribution in [2.24, 2.45) is 11.7 Å². The molecule has 0 saturated carbocycles. The highest BCUT2D eigenvalue weighted by atomic mass is 16.3. The third-order valence-electron chi connectivity index (χ3n) is 7.00. The van der Waals surface area contributed by atoms with Crippen LogP contribution in [0.15, 0.2) is 0 Å². The molecule has 0 aliphatic carbocycles. The summed E-state index contributed by atoms with van der Waals surface area (Å²) >= 11 is 0. The number of aliphatic hydroxyl groups excluding tert-OH is 2. The summed E-state index contributed by atoms with van der Waals surface area (Å²) in [5.74, 6) is -3.12. The van der Waals surface area contributed by atoms with Gasteiger partial charge in [-0.1, -0.05) is 13.8 Å². The number of aliphatic hydroxyl groups is 2. The number of hydrogen-bond donors (Lipinski definition) is 3. The van der Waals surface area contributed by atoms with Crippen LogP contribution >= 0.6 is 0 Å². The van der Waals surface area contributed by atoms with Gasteiger partial charge in [-0.3, -0.25) is 24.0 Å². The molecule has 6 atom stereocenters. The largest absolute Gasteiger partial charge is 0.391 e. The molecular weight excluding hydrogens is 420 g/mol. The zero-order valence-corrected chi connectivity index (χ0v) is 19.1. The van der Waals surface area contributed by atoms with Crippen LogP contribution in [0.2, 0.25) is 0 Å². The molecule has 3 saturated heterocycles. The first-order chi connectivity index (χ1) is 14.7. The zero-order chi connectivity index (χ0) is 24.3. The Morgan fingerprint density at radius 3 is 1.56 bits per heavy atom. The van der Waals surface area contributed by atoms with E-state index in [1.807, 2.05) is 0 Å². The van der Waals surface area contributed by atoms with Crippen LogP contribution in [0, 0.1) is 5.92 Å². The van der Waals surface area contributed by atoms with E-state index in [4.69, 9.17) is 5.73 Å². The molecule has 32 heavy (non-hydrogen) atoms. The third kappa shape index (κ3) is 3.13. The van der Waals surface area contributed by atoms with Crippen molar-refractivity contribution in [2.75, 3.05) is 13.1 Å². The zero-order valence-electron chi connectivity index (χ0n) is 19.1. The fourth-order valence-corrected chi connectivity index (χ4v) is 5.55. The van der Waals surface area contributed by atoms with Gasteiger partial charge in [-0.2, -0.15) is 0 Å². The molecule has 0 radical (unpaired) electrons. The number of carbonyl (C=O) groups is 5. The Balaban J connectivity index is 1.95. The Labute approximate surface area is 186 Å². The van der Waals surface area contributed by atoms with Gasteiger partial charge in [-0.05, 0) is 33.6 Å². The van der Waals surface area contributed by atoms with Crippen LogP contribution in [0.25, 0.3) is 0 Å². The molecule has 3 aliphatic rings. The van der Waals surface area contributed by atoms with E-state index in [1.165, 1.54) is 30.6 Å². The van der Waals surface area contributed by atoms with Gasteiger partial charge in [0.25, 0.3) is 11.8 Å². The molecule has 178 valence electrons. The lowest BCUT2D eigenvalue weighted by Crippen LogP contribution is -2.84. The van der Waals surface area contributed by atoms with Crippen LogP contribution in [0.1, 0.15) is 47.5 Å². The van der Waals surface area contributed by atoms with Crippen LogP contribution in [-0.2, 0) is 24.0 Å². The Kier molecular flexibility index (Phi) is 5.88. The van der Waals surface area contributed by atoms with Gasteiger partial charge in [0.05, 0.1) is 25.3 Å². The minimum Gasteiger partial charge on any atom is -0.391 e. The number of carbonyl (C=O) groups excluding carboxylic acids is 5. The first-order valence-corrected chi connectivity index (χ1v) is 10.8. The number of nitrogens with two attached hydrogens (primary N) is 1. The SMILES string of the molecule is CC(=O)[C@H]([C@@H](C)O)N1CC2(CCC3(CN([C@H](C(N)=O)[C@@H](C)O)C3=O)N2C(=O)C(C)C)C1=O. The van der Waals surface area contributed by atoms with Gasteiger partial charge in [0.2, 0.25) is 11.8 Å². The summed E-state index contributed by atoms with van der Waals surface area (Å²) < 4.78 is 0. The summed E-state index contributed by atoms with van der Waals surface area (Å²) in [6, 6.07) is -2.25. The Hall–Kier alpha value is -2.53. The standard InChI is InChI=1S/C21H32N4O7/c1-10(2)17(30)25-20(8-23(18(20)31)14(11(3)26)12(4)27)6-7-21(25)9-24(19(21)32)15(13(5)28)16(22)29/h10-11,13-15,26,28H,6-9H2,1-5H3,(H2,22,29)/t11-,13-,14+,15+,20?,21?/m1/s1. The first-order valence-electron chi connectivity index (χ1n) is 10.8. The van der Waals surface area contributed by atoms with Crippen molar-refractivity contribution < 1.29 is 34.2 Å². The summed E-state index contributed by atoms with van der Waals surface area (Å²) in [4.78, 5) is 67.6. The number of rotatable bonds is 7. The van der Waals surface area contributed by atoms with Crippen molar-refractivity contribution >= 4 is 29.4 Å². The maximum Gasteiger partial charge on any atom is 0.251 e. The van der Waals surface area contributed by atoms with Gasteiger partial charge in [0.15, 0.2) is 5.78 Å². The minimum absolute atomic E-state index is 0.0234. The molecule has 0 aromatic heterocycles. The molecule has 2 spiro atoms. The fraction of sp³-hybridized carbons (Fsp3) is 0.762. The summed E-state index contributed by atoms with van der Waals surface area (Å²) in [7, 11) is 0. The van der Waals surface area contributed by atoms with Crippen molar-refractivity contribution in [3.63, 3.8) is 0 Å². The van der Waals surface area contributed by atoms with Gasteiger partial charge >= 0.3 is 0 Å². The summed E-state index contributed by atoms with van der Waals surface area (Å²) in [5, 5.41) is 19.9. The smallest absolute Gasteiger partial charge is 0.251 e. The maximum atomic E-state index is 13.4. The molecule has 0 aromatic rings. The molecule has 2 unspecified atom stereocenters. The number of Topliss-reactive ketones (excluding diaryl/α,β-unsaturated/α-hetero) is 1.